The van der Waals surface area contributed by atoms with Crippen molar-refractivity contribution in [2.45, 2.75) is 92.7 Å². The van der Waals surface area contributed by atoms with E-state index in [2.05, 4.69) is 61.0 Å². The van der Waals surface area contributed by atoms with Crippen molar-refractivity contribution in [3.63, 3.8) is 0 Å². The Balaban J connectivity index is 2.43. The molecule has 1 N–H and O–H groups in total. The topological polar surface area (TPSA) is 57.2 Å². The van der Waals surface area contributed by atoms with Gasteiger partial charge in [-0.1, -0.05) is 19.6 Å². The Morgan fingerprint density at radius 3 is 2.31 bits per heavy atom. The first kappa shape index (κ1) is 36.4. The predicted molar refractivity (Wildman–Crippen MR) is 171 cm³/mol. The molecule has 39 heavy (non-hydrogen) atoms. The number of rotatable bonds is 21. The third-order valence-electron chi connectivity index (χ3n) is 7.08. The second-order valence-corrected chi connectivity index (χ2v) is 33.7. The van der Waals surface area contributed by atoms with Crippen LogP contribution in [-0.4, -0.2) is 71.4 Å². The average molecular weight is 670 g/mol. The zero-order valence-corrected chi connectivity index (χ0v) is 30.3. The van der Waals surface area contributed by atoms with Gasteiger partial charge in [-0.05, 0) is 6.04 Å². The van der Waals surface area contributed by atoms with Gasteiger partial charge in [-0.3, -0.25) is 0 Å². The van der Waals surface area contributed by atoms with Crippen LogP contribution in [0.15, 0.2) is 46.1 Å². The number of benzene rings is 1. The molecule has 0 spiro atoms. The zero-order chi connectivity index (χ0) is 29.5. The van der Waals surface area contributed by atoms with Gasteiger partial charge in [0.1, 0.15) is 6.79 Å². The van der Waals surface area contributed by atoms with E-state index >= 15 is 0 Å². The van der Waals surface area contributed by atoms with Crippen molar-refractivity contribution >= 4 is 26.5 Å². The summed E-state index contributed by atoms with van der Waals surface area (Å²) >= 11 is -2.34. The van der Waals surface area contributed by atoms with Crippen LogP contribution in [0.5, 0.6) is 5.75 Å². The molecule has 0 amide bonds. The molecule has 1 aromatic rings. The van der Waals surface area contributed by atoms with Gasteiger partial charge in [0.25, 0.3) is 0 Å². The molecule has 0 saturated carbocycles. The summed E-state index contributed by atoms with van der Waals surface area (Å²) in [5.41, 5.74) is 2.36. The van der Waals surface area contributed by atoms with E-state index in [1.807, 2.05) is 24.3 Å². The first-order valence-electron chi connectivity index (χ1n) is 14.6. The fourth-order valence-corrected chi connectivity index (χ4v) is 9.17. The standard InChI is InChI=1S/C29H49O5Si.3CH3.Sn/c1-8-26(21-33-22-27-12-14-29(31-4)15-13-27)19-28(30)18-24(2)10-9-11-25(3)20-34-23-32-16-17-35(5,6)7;;;;/h11-15,24,26,28,30H,1,9-10,16-23H2,2-7H3;3*1H3;/b25-11+;;;;/t24-,26-,28+;;;;/m1..../s1. The molecule has 224 valence electrons. The summed E-state index contributed by atoms with van der Waals surface area (Å²) in [6.07, 6.45) is 5.49. The number of hydrogen-bond donors (Lipinski definition) is 1. The van der Waals surface area contributed by atoms with Crippen LogP contribution in [0.2, 0.25) is 40.5 Å². The Morgan fingerprint density at radius 2 is 1.72 bits per heavy atom. The summed E-state index contributed by atoms with van der Waals surface area (Å²) in [5.74, 6) is 1.50. The average Bonchev–Trinajstić information content (AvgIpc) is 2.84. The van der Waals surface area contributed by atoms with E-state index in [0.29, 0.717) is 32.5 Å². The van der Waals surface area contributed by atoms with Crippen LogP contribution in [0.4, 0.5) is 0 Å². The molecule has 1 rings (SSSR count). The van der Waals surface area contributed by atoms with Crippen LogP contribution in [0.25, 0.3) is 0 Å². The quantitative estimate of drug-likeness (QED) is 0.0621. The first-order chi connectivity index (χ1) is 18.2. The van der Waals surface area contributed by atoms with Gasteiger partial charge >= 0.3 is 194 Å². The maximum absolute atomic E-state index is 11.0. The molecule has 5 nitrogen and oxygen atoms in total. The van der Waals surface area contributed by atoms with Crippen molar-refractivity contribution in [1.82, 2.24) is 0 Å². The molecule has 0 heterocycles. The van der Waals surface area contributed by atoms with Crippen molar-refractivity contribution < 1.29 is 24.1 Å². The molecule has 0 radical (unpaired) electrons. The van der Waals surface area contributed by atoms with E-state index in [1.165, 1.54) is 15.2 Å². The zero-order valence-electron chi connectivity index (χ0n) is 26.5. The minimum atomic E-state index is -2.34. The van der Waals surface area contributed by atoms with Gasteiger partial charge in [0, 0.05) is 14.7 Å². The molecule has 0 fully saturated rings. The summed E-state index contributed by atoms with van der Waals surface area (Å²) in [6.45, 7) is 18.8. The van der Waals surface area contributed by atoms with Gasteiger partial charge in [-0.15, -0.1) is 0 Å². The number of aliphatic hydroxyl groups excluding tert-OH is 1. The fourth-order valence-electron chi connectivity index (χ4n) is 4.34. The Bertz CT molecular complexity index is 842. The van der Waals surface area contributed by atoms with E-state index in [4.69, 9.17) is 18.9 Å². The minimum absolute atomic E-state index is 0.202. The molecular weight excluding hydrogens is 611 g/mol. The summed E-state index contributed by atoms with van der Waals surface area (Å²) < 4.78 is 24.0. The van der Waals surface area contributed by atoms with E-state index in [1.54, 1.807) is 7.11 Å². The van der Waals surface area contributed by atoms with Crippen LogP contribution in [0.1, 0.15) is 45.1 Å². The van der Waals surface area contributed by atoms with E-state index in [-0.39, 0.29) is 12.0 Å². The number of allylic oxidation sites excluding steroid dienone is 1. The van der Waals surface area contributed by atoms with Crippen molar-refractivity contribution in [2.24, 2.45) is 11.8 Å². The number of hydrogen-bond acceptors (Lipinski definition) is 5. The van der Waals surface area contributed by atoms with Crippen molar-refractivity contribution in [3.8, 4) is 5.75 Å². The Kier molecular flexibility index (Phi) is 17.5. The third-order valence-corrected chi connectivity index (χ3v) is 15.4. The Labute approximate surface area is 245 Å². The van der Waals surface area contributed by atoms with Gasteiger partial charge in [0.15, 0.2) is 0 Å². The SMILES string of the molecule is C=[C]([C@@H](COCc1ccc(OC)cc1)C[C@@H](O)C[C@H](C)CC/C=C(\C)COCOCC[Si](C)(C)C)[Sn]([CH3])([CH3])[CH3]. The van der Waals surface area contributed by atoms with Crippen LogP contribution in [-0.2, 0) is 20.8 Å². The summed E-state index contributed by atoms with van der Waals surface area (Å²) in [6, 6.07) is 9.15. The molecule has 3 atom stereocenters. The van der Waals surface area contributed by atoms with Gasteiger partial charge in [-0.25, -0.2) is 0 Å². The Morgan fingerprint density at radius 1 is 1.05 bits per heavy atom. The van der Waals surface area contributed by atoms with Gasteiger partial charge in [0.05, 0.1) is 0 Å². The van der Waals surface area contributed by atoms with Crippen LogP contribution >= 0.6 is 0 Å². The van der Waals surface area contributed by atoms with E-state index < -0.39 is 26.5 Å². The molecule has 0 aliphatic heterocycles. The van der Waals surface area contributed by atoms with E-state index in [0.717, 1.165) is 43.6 Å². The molecule has 0 saturated heterocycles. The number of methoxy groups -OCH3 is 1. The van der Waals surface area contributed by atoms with Crippen molar-refractivity contribution in [3.05, 3.63) is 51.6 Å². The van der Waals surface area contributed by atoms with Gasteiger partial charge in [-0.2, -0.15) is 0 Å². The summed E-state index contributed by atoms with van der Waals surface area (Å²) in [7, 11) is 0.628. The van der Waals surface area contributed by atoms with Crippen LogP contribution < -0.4 is 4.74 Å². The van der Waals surface area contributed by atoms with Gasteiger partial charge in [0.2, 0.25) is 0 Å². The second-order valence-electron chi connectivity index (χ2n) is 13.4. The maximum atomic E-state index is 11.0. The van der Waals surface area contributed by atoms with E-state index in [9.17, 15) is 5.11 Å². The monoisotopic (exact) mass is 670 g/mol. The summed E-state index contributed by atoms with van der Waals surface area (Å²) in [5, 5.41) is 11.0. The second kappa shape index (κ2) is 18.7. The molecule has 1 aromatic carbocycles. The van der Waals surface area contributed by atoms with Crippen LogP contribution in [0.3, 0.4) is 0 Å². The normalized spacial score (nSPS) is 15.2. The molecule has 0 bridgehead atoms. The molecule has 0 aliphatic rings. The molecule has 0 unspecified atom stereocenters. The predicted octanol–water partition coefficient (Wildman–Crippen LogP) is 8.09. The third kappa shape index (κ3) is 17.7. The fraction of sp³-hybridized carbons (Fsp3) is 0.688. The van der Waals surface area contributed by atoms with Crippen LogP contribution in [0, 0.1) is 11.8 Å². The summed E-state index contributed by atoms with van der Waals surface area (Å²) in [4.78, 5) is 7.17. The molecule has 7 heteroatoms. The molecular formula is C32H58O5SiSn. The Hall–Kier alpha value is -0.644. The molecule has 0 aliphatic carbocycles. The van der Waals surface area contributed by atoms with Crippen molar-refractivity contribution in [1.29, 1.82) is 0 Å². The number of ether oxygens (including phenoxy) is 4. The van der Waals surface area contributed by atoms with Crippen molar-refractivity contribution in [2.75, 3.05) is 33.7 Å². The number of aliphatic hydroxyl groups is 1. The first-order valence-corrected chi connectivity index (χ1v) is 28.3. The molecule has 0 aromatic heterocycles. The van der Waals surface area contributed by atoms with Gasteiger partial charge < -0.3 is 4.74 Å².